The molecule has 6 rings (SSSR count). The molecule has 0 spiro atoms. The molecular formula is C36H29NO2. The molecule has 0 atom stereocenters. The first-order valence-corrected chi connectivity index (χ1v) is 13.1. The van der Waals surface area contributed by atoms with Gasteiger partial charge in [0.05, 0.1) is 24.1 Å². The quantitative estimate of drug-likeness (QED) is 0.128. The van der Waals surface area contributed by atoms with E-state index in [2.05, 4.69) is 108 Å². The number of Topliss-reactive ketones (excluding diaryl/α,β-unsaturated/α-hetero) is 1. The van der Waals surface area contributed by atoms with Gasteiger partial charge in [0.15, 0.2) is 5.78 Å². The van der Waals surface area contributed by atoms with Crippen LogP contribution in [-0.4, -0.2) is 12.9 Å². The maximum absolute atomic E-state index is 13.1. The highest BCUT2D eigenvalue weighted by Crippen LogP contribution is 2.48. The van der Waals surface area contributed by atoms with Gasteiger partial charge in [0.1, 0.15) is 5.76 Å². The molecule has 39 heavy (non-hydrogen) atoms. The molecule has 6 aromatic rings. The Hall–Kier alpha value is -4.89. The van der Waals surface area contributed by atoms with Gasteiger partial charge in [0.25, 0.3) is 0 Å². The van der Waals surface area contributed by atoms with Crippen LogP contribution in [0.3, 0.4) is 0 Å². The fourth-order valence-corrected chi connectivity index (χ4v) is 5.69. The molecule has 0 N–H and O–H groups in total. The van der Waals surface area contributed by atoms with Gasteiger partial charge in [0, 0.05) is 27.4 Å². The first-order chi connectivity index (χ1) is 19.1. The SMILES string of the molecule is CO/C(C)=C(\C(C)=O)c1c2ccccc2c(N(c2ccccc2)c2cccc3ccccc23)c2ccccc12. The van der Waals surface area contributed by atoms with Crippen LogP contribution in [0.1, 0.15) is 19.4 Å². The van der Waals surface area contributed by atoms with Crippen LogP contribution in [0.5, 0.6) is 0 Å². The van der Waals surface area contributed by atoms with Gasteiger partial charge in [-0.3, -0.25) is 4.79 Å². The second-order valence-corrected chi connectivity index (χ2v) is 9.68. The summed E-state index contributed by atoms with van der Waals surface area (Å²) in [5, 5.41) is 6.48. The maximum Gasteiger partial charge on any atom is 0.163 e. The van der Waals surface area contributed by atoms with Crippen molar-refractivity contribution in [3.05, 3.63) is 133 Å². The van der Waals surface area contributed by atoms with Crippen molar-refractivity contribution >= 4 is 60.7 Å². The molecule has 0 aliphatic carbocycles. The van der Waals surface area contributed by atoms with Crippen molar-refractivity contribution < 1.29 is 9.53 Å². The lowest BCUT2D eigenvalue weighted by Gasteiger charge is -2.30. The highest BCUT2D eigenvalue weighted by atomic mass is 16.5. The van der Waals surface area contributed by atoms with Crippen molar-refractivity contribution in [1.29, 1.82) is 0 Å². The normalized spacial score (nSPS) is 12.0. The van der Waals surface area contributed by atoms with E-state index in [0.717, 1.165) is 44.2 Å². The van der Waals surface area contributed by atoms with E-state index in [0.29, 0.717) is 11.3 Å². The molecule has 0 radical (unpaired) electrons. The number of hydrogen-bond acceptors (Lipinski definition) is 3. The lowest BCUT2D eigenvalue weighted by atomic mass is 9.88. The fraction of sp³-hybridized carbons (Fsp3) is 0.0833. The van der Waals surface area contributed by atoms with E-state index in [1.807, 2.05) is 25.1 Å². The third-order valence-corrected chi connectivity index (χ3v) is 7.41. The third kappa shape index (κ3) is 4.13. The number of carbonyl (C=O) groups excluding carboxylic acids is 1. The molecule has 0 aromatic heterocycles. The lowest BCUT2D eigenvalue weighted by molar-refractivity contribution is -0.111. The molecule has 0 heterocycles. The number of benzene rings is 6. The molecule has 0 saturated carbocycles. The summed E-state index contributed by atoms with van der Waals surface area (Å²) in [5.74, 6) is 0.589. The van der Waals surface area contributed by atoms with E-state index < -0.39 is 0 Å². The Morgan fingerprint density at radius 3 is 1.69 bits per heavy atom. The Bertz CT molecular complexity index is 1820. The largest absolute Gasteiger partial charge is 0.501 e. The zero-order valence-corrected chi connectivity index (χ0v) is 22.3. The van der Waals surface area contributed by atoms with Gasteiger partial charge in [0.2, 0.25) is 0 Å². The molecule has 6 aromatic carbocycles. The summed E-state index contributed by atoms with van der Waals surface area (Å²) in [5.41, 5.74) is 4.74. The third-order valence-electron chi connectivity index (χ3n) is 7.41. The van der Waals surface area contributed by atoms with Crippen LogP contribution < -0.4 is 4.90 Å². The van der Waals surface area contributed by atoms with Gasteiger partial charge in [-0.2, -0.15) is 0 Å². The van der Waals surface area contributed by atoms with Gasteiger partial charge in [-0.15, -0.1) is 0 Å². The van der Waals surface area contributed by atoms with Crippen molar-refractivity contribution in [3.63, 3.8) is 0 Å². The van der Waals surface area contributed by atoms with Crippen LogP contribution in [0.15, 0.2) is 127 Å². The number of ether oxygens (including phenoxy) is 1. The minimum atomic E-state index is -0.0219. The van der Waals surface area contributed by atoms with Gasteiger partial charge in [-0.25, -0.2) is 0 Å². The minimum absolute atomic E-state index is 0.0219. The summed E-state index contributed by atoms with van der Waals surface area (Å²) in [6, 6.07) is 42.2. The summed E-state index contributed by atoms with van der Waals surface area (Å²) in [7, 11) is 1.62. The van der Waals surface area contributed by atoms with Crippen molar-refractivity contribution in [2.45, 2.75) is 13.8 Å². The number of ketones is 1. The Labute approximate surface area is 228 Å². The van der Waals surface area contributed by atoms with Crippen LogP contribution in [0.2, 0.25) is 0 Å². The van der Waals surface area contributed by atoms with E-state index >= 15 is 0 Å². The monoisotopic (exact) mass is 507 g/mol. The van der Waals surface area contributed by atoms with Crippen LogP contribution >= 0.6 is 0 Å². The number of anilines is 3. The maximum atomic E-state index is 13.1. The molecule has 0 aliphatic rings. The Kier molecular flexibility index (Phi) is 6.34. The molecule has 0 unspecified atom stereocenters. The van der Waals surface area contributed by atoms with Crippen molar-refractivity contribution in [3.8, 4) is 0 Å². The predicted octanol–water partition coefficient (Wildman–Crippen LogP) is 9.58. The van der Waals surface area contributed by atoms with Crippen molar-refractivity contribution in [1.82, 2.24) is 0 Å². The molecule has 0 aliphatic heterocycles. The van der Waals surface area contributed by atoms with Gasteiger partial charge < -0.3 is 9.64 Å². The molecule has 3 heteroatoms. The van der Waals surface area contributed by atoms with Crippen LogP contribution in [0.4, 0.5) is 17.1 Å². The summed E-state index contributed by atoms with van der Waals surface area (Å²) in [6.07, 6.45) is 0. The number of fused-ring (bicyclic) bond motifs is 3. The zero-order valence-electron chi connectivity index (χ0n) is 22.3. The number of rotatable bonds is 6. The number of para-hydroxylation sites is 1. The molecule has 0 bridgehead atoms. The first-order valence-electron chi connectivity index (χ1n) is 13.1. The van der Waals surface area contributed by atoms with Crippen molar-refractivity contribution in [2.24, 2.45) is 0 Å². The van der Waals surface area contributed by atoms with E-state index in [1.54, 1.807) is 14.0 Å². The molecule has 3 nitrogen and oxygen atoms in total. The molecule has 0 amide bonds. The second-order valence-electron chi connectivity index (χ2n) is 9.68. The number of hydrogen-bond donors (Lipinski definition) is 0. The van der Waals surface area contributed by atoms with E-state index in [-0.39, 0.29) is 5.78 Å². The minimum Gasteiger partial charge on any atom is -0.501 e. The number of allylic oxidation sites excluding steroid dienone is 2. The molecular weight excluding hydrogens is 478 g/mol. The molecule has 0 fully saturated rings. The summed E-state index contributed by atoms with van der Waals surface area (Å²) in [6.45, 7) is 3.47. The standard InChI is InChI=1S/C36H29NO2/c1-24(38)34(25(2)39-3)35-29-19-9-11-21-31(29)36(32-22-12-10-20-30(32)35)37(27-16-5-4-6-17-27)33-23-13-15-26-14-7-8-18-28(26)33/h4-23H,1-3H3/b34-25+. The first kappa shape index (κ1) is 24.4. The topological polar surface area (TPSA) is 29.5 Å². The predicted molar refractivity (Wildman–Crippen MR) is 164 cm³/mol. The Morgan fingerprint density at radius 1 is 0.590 bits per heavy atom. The Morgan fingerprint density at radius 2 is 1.10 bits per heavy atom. The summed E-state index contributed by atoms with van der Waals surface area (Å²) < 4.78 is 5.64. The van der Waals surface area contributed by atoms with Crippen LogP contribution in [0.25, 0.3) is 37.9 Å². The fourth-order valence-electron chi connectivity index (χ4n) is 5.69. The summed E-state index contributed by atoms with van der Waals surface area (Å²) in [4.78, 5) is 15.5. The van der Waals surface area contributed by atoms with Crippen molar-refractivity contribution in [2.75, 3.05) is 12.0 Å². The average Bonchev–Trinajstić information content (AvgIpc) is 2.98. The Balaban J connectivity index is 1.82. The van der Waals surface area contributed by atoms with E-state index in [1.165, 1.54) is 10.8 Å². The van der Waals surface area contributed by atoms with Crippen LogP contribution in [0, 0.1) is 0 Å². The van der Waals surface area contributed by atoms with E-state index in [9.17, 15) is 4.79 Å². The highest BCUT2D eigenvalue weighted by Gasteiger charge is 2.25. The molecule has 190 valence electrons. The van der Waals surface area contributed by atoms with Gasteiger partial charge in [-0.05, 0) is 48.2 Å². The summed E-state index contributed by atoms with van der Waals surface area (Å²) >= 11 is 0. The number of carbonyl (C=O) groups is 1. The lowest BCUT2D eigenvalue weighted by Crippen LogP contribution is -2.13. The smallest absolute Gasteiger partial charge is 0.163 e. The van der Waals surface area contributed by atoms with E-state index in [4.69, 9.17) is 4.74 Å². The highest BCUT2D eigenvalue weighted by molar-refractivity contribution is 6.30. The van der Waals surface area contributed by atoms with Gasteiger partial charge >= 0.3 is 0 Å². The van der Waals surface area contributed by atoms with Crippen LogP contribution in [-0.2, 0) is 9.53 Å². The number of nitrogens with zero attached hydrogens (tertiary/aromatic N) is 1. The number of methoxy groups -OCH3 is 1. The average molecular weight is 508 g/mol. The van der Waals surface area contributed by atoms with Gasteiger partial charge in [-0.1, -0.05) is 103 Å². The second kappa shape index (κ2) is 10.1. The zero-order chi connectivity index (χ0) is 26.9. The molecule has 0 saturated heterocycles.